The molecule has 2 N–H and O–H groups in total. The molecular weight excluding hydrogens is 336 g/mol. The van der Waals surface area contributed by atoms with Gasteiger partial charge in [-0.05, 0) is 62.7 Å². The molecule has 0 unspecified atom stereocenters. The summed E-state index contributed by atoms with van der Waals surface area (Å²) in [5, 5.41) is 0.755. The average Bonchev–Trinajstić information content (AvgIpc) is 2.63. The highest BCUT2D eigenvalue weighted by molar-refractivity contribution is 5.97. The van der Waals surface area contributed by atoms with Gasteiger partial charge < -0.3 is 5.73 Å². The van der Waals surface area contributed by atoms with Gasteiger partial charge in [-0.15, -0.1) is 0 Å². The van der Waals surface area contributed by atoms with Gasteiger partial charge in [-0.25, -0.2) is 4.98 Å². The fourth-order valence-corrected chi connectivity index (χ4v) is 3.29. The maximum absolute atomic E-state index is 13.5. The summed E-state index contributed by atoms with van der Waals surface area (Å²) in [6.45, 7) is 5.81. The Morgan fingerprint density at radius 2 is 1.67 bits per heavy atom. The number of nitrogens with zero attached hydrogens (tertiary/aromatic N) is 3. The molecule has 0 aliphatic heterocycles. The summed E-state index contributed by atoms with van der Waals surface area (Å²) in [6, 6.07) is 15.3. The molecule has 3 aromatic heterocycles. The number of nitrogens with two attached hydrogens (primary N) is 1. The number of fused-ring (bicyclic) bond motifs is 1. The molecule has 0 saturated heterocycles. The Hall–Kier alpha value is -3.47. The third-order valence-electron chi connectivity index (χ3n) is 4.68. The van der Waals surface area contributed by atoms with Gasteiger partial charge in [-0.3, -0.25) is 14.3 Å². The number of anilines is 1. The highest BCUT2D eigenvalue weighted by Crippen LogP contribution is 2.30. The smallest absolute Gasteiger partial charge is 0.266 e. The monoisotopic (exact) mass is 356 g/mol. The first-order valence-corrected chi connectivity index (χ1v) is 8.77. The molecule has 0 aliphatic carbocycles. The van der Waals surface area contributed by atoms with Crippen molar-refractivity contribution in [2.24, 2.45) is 0 Å². The van der Waals surface area contributed by atoms with Crippen molar-refractivity contribution in [2.75, 3.05) is 5.73 Å². The lowest BCUT2D eigenvalue weighted by Crippen LogP contribution is -2.23. The molecule has 0 amide bonds. The van der Waals surface area contributed by atoms with E-state index in [1.165, 1.54) is 0 Å². The minimum absolute atomic E-state index is 0.187. The first kappa shape index (κ1) is 17.0. The van der Waals surface area contributed by atoms with Gasteiger partial charge >= 0.3 is 0 Å². The van der Waals surface area contributed by atoms with Crippen molar-refractivity contribution in [3.8, 4) is 16.8 Å². The van der Waals surface area contributed by atoms with E-state index >= 15 is 0 Å². The number of rotatable bonds is 2. The van der Waals surface area contributed by atoms with Crippen molar-refractivity contribution < 1.29 is 0 Å². The fraction of sp³-hybridized carbons (Fsp3) is 0.136. The SMILES string of the molecule is Cc1ccc(-n2c(=O)c(-c3ccnc(C)c3)c(N)c3ccc(C)nc32)cc1. The van der Waals surface area contributed by atoms with Crippen LogP contribution >= 0.6 is 0 Å². The third kappa shape index (κ3) is 2.87. The number of aryl methyl sites for hydroxylation is 3. The van der Waals surface area contributed by atoms with Crippen LogP contribution in [-0.2, 0) is 0 Å². The standard InChI is InChI=1S/C22H20N4O/c1-13-4-7-17(8-5-13)26-21-18(9-6-14(2)25-21)20(23)19(22(26)27)16-10-11-24-15(3)12-16/h4-12H,23H2,1-3H3. The lowest BCUT2D eigenvalue weighted by molar-refractivity contribution is 1.01. The van der Waals surface area contributed by atoms with Crippen LogP contribution in [-0.4, -0.2) is 14.5 Å². The van der Waals surface area contributed by atoms with Crippen LogP contribution in [0.2, 0.25) is 0 Å². The lowest BCUT2D eigenvalue weighted by Gasteiger charge is -2.16. The van der Waals surface area contributed by atoms with Crippen LogP contribution in [0.5, 0.6) is 0 Å². The predicted octanol–water partition coefficient (Wildman–Crippen LogP) is 3.96. The molecule has 134 valence electrons. The lowest BCUT2D eigenvalue weighted by atomic mass is 10.0. The molecule has 0 spiro atoms. The number of hydrogen-bond donors (Lipinski definition) is 1. The molecule has 5 heteroatoms. The maximum atomic E-state index is 13.5. The van der Waals surface area contributed by atoms with E-state index in [2.05, 4.69) is 9.97 Å². The average molecular weight is 356 g/mol. The predicted molar refractivity (Wildman–Crippen MR) is 109 cm³/mol. The summed E-state index contributed by atoms with van der Waals surface area (Å²) in [5.74, 6) is 0. The number of aromatic nitrogens is 3. The molecule has 0 atom stereocenters. The van der Waals surface area contributed by atoms with Gasteiger partial charge in [0.15, 0.2) is 0 Å². The van der Waals surface area contributed by atoms with Crippen LogP contribution in [0.1, 0.15) is 17.0 Å². The zero-order valence-electron chi connectivity index (χ0n) is 15.5. The Morgan fingerprint density at radius 1 is 0.926 bits per heavy atom. The molecule has 1 aromatic carbocycles. The Bertz CT molecular complexity index is 1220. The first-order chi connectivity index (χ1) is 13.0. The van der Waals surface area contributed by atoms with Crippen molar-refractivity contribution in [3.05, 3.63) is 82.0 Å². The van der Waals surface area contributed by atoms with Crippen LogP contribution < -0.4 is 11.3 Å². The normalized spacial score (nSPS) is 11.1. The molecule has 0 bridgehead atoms. The maximum Gasteiger partial charge on any atom is 0.266 e. The van der Waals surface area contributed by atoms with Crippen molar-refractivity contribution in [1.29, 1.82) is 0 Å². The van der Waals surface area contributed by atoms with E-state index in [4.69, 9.17) is 5.73 Å². The molecule has 0 saturated carbocycles. The number of pyridine rings is 3. The summed E-state index contributed by atoms with van der Waals surface area (Å²) in [4.78, 5) is 22.4. The Kier molecular flexibility index (Phi) is 4.00. The van der Waals surface area contributed by atoms with Gasteiger partial charge in [-0.2, -0.15) is 0 Å². The number of benzene rings is 1. The second-order valence-corrected chi connectivity index (χ2v) is 6.77. The van der Waals surface area contributed by atoms with Gasteiger partial charge in [-0.1, -0.05) is 17.7 Å². The number of nitrogen functional groups attached to an aromatic ring is 1. The molecule has 0 aliphatic rings. The molecule has 27 heavy (non-hydrogen) atoms. The highest BCUT2D eigenvalue weighted by atomic mass is 16.1. The molecule has 0 radical (unpaired) electrons. The van der Waals surface area contributed by atoms with Gasteiger partial charge in [0.25, 0.3) is 5.56 Å². The second kappa shape index (κ2) is 6.36. The van der Waals surface area contributed by atoms with Gasteiger partial charge in [0.2, 0.25) is 0 Å². The van der Waals surface area contributed by atoms with Crippen molar-refractivity contribution in [1.82, 2.24) is 14.5 Å². The molecule has 4 rings (SSSR count). The van der Waals surface area contributed by atoms with Crippen molar-refractivity contribution in [2.45, 2.75) is 20.8 Å². The zero-order valence-corrected chi connectivity index (χ0v) is 15.5. The summed E-state index contributed by atoms with van der Waals surface area (Å²) in [6.07, 6.45) is 1.69. The van der Waals surface area contributed by atoms with E-state index in [0.717, 1.165) is 33.6 Å². The summed E-state index contributed by atoms with van der Waals surface area (Å²) in [7, 11) is 0. The van der Waals surface area contributed by atoms with E-state index in [0.29, 0.717) is 16.9 Å². The quantitative estimate of drug-likeness (QED) is 0.590. The van der Waals surface area contributed by atoms with Gasteiger partial charge in [0.1, 0.15) is 5.65 Å². The third-order valence-corrected chi connectivity index (χ3v) is 4.68. The van der Waals surface area contributed by atoms with Crippen molar-refractivity contribution in [3.63, 3.8) is 0 Å². The van der Waals surface area contributed by atoms with E-state index < -0.39 is 0 Å². The second-order valence-electron chi connectivity index (χ2n) is 6.77. The Labute approximate surface area is 157 Å². The van der Waals surface area contributed by atoms with E-state index in [-0.39, 0.29) is 5.56 Å². The molecule has 3 heterocycles. The van der Waals surface area contributed by atoms with Gasteiger partial charge in [0, 0.05) is 23.0 Å². The van der Waals surface area contributed by atoms with Crippen LogP contribution in [0.25, 0.3) is 27.8 Å². The largest absolute Gasteiger partial charge is 0.397 e. The Morgan fingerprint density at radius 3 is 2.37 bits per heavy atom. The number of hydrogen-bond acceptors (Lipinski definition) is 4. The van der Waals surface area contributed by atoms with E-state index in [1.807, 2.05) is 69.3 Å². The Balaban J connectivity index is 2.16. The summed E-state index contributed by atoms with van der Waals surface area (Å²) >= 11 is 0. The molecule has 0 fully saturated rings. The topological polar surface area (TPSA) is 73.8 Å². The van der Waals surface area contributed by atoms with E-state index in [1.54, 1.807) is 10.8 Å². The minimum Gasteiger partial charge on any atom is -0.397 e. The first-order valence-electron chi connectivity index (χ1n) is 8.77. The minimum atomic E-state index is -0.187. The fourth-order valence-electron chi connectivity index (χ4n) is 3.29. The highest BCUT2D eigenvalue weighted by Gasteiger charge is 2.18. The molecule has 4 aromatic rings. The van der Waals surface area contributed by atoms with Crippen LogP contribution in [0.3, 0.4) is 0 Å². The summed E-state index contributed by atoms with van der Waals surface area (Å²) in [5.41, 5.74) is 12.0. The van der Waals surface area contributed by atoms with Crippen LogP contribution in [0.4, 0.5) is 5.69 Å². The van der Waals surface area contributed by atoms with Gasteiger partial charge in [0.05, 0.1) is 16.9 Å². The summed E-state index contributed by atoms with van der Waals surface area (Å²) < 4.78 is 1.64. The van der Waals surface area contributed by atoms with E-state index in [9.17, 15) is 4.79 Å². The zero-order chi connectivity index (χ0) is 19.1. The van der Waals surface area contributed by atoms with Crippen molar-refractivity contribution >= 4 is 16.7 Å². The molecule has 5 nitrogen and oxygen atoms in total. The van der Waals surface area contributed by atoms with Crippen LogP contribution in [0, 0.1) is 20.8 Å². The van der Waals surface area contributed by atoms with Crippen LogP contribution in [0.15, 0.2) is 59.5 Å². The molecular formula is C22H20N4O.